The summed E-state index contributed by atoms with van der Waals surface area (Å²) in [7, 11) is 1.49. The van der Waals surface area contributed by atoms with Crippen molar-refractivity contribution in [2.24, 2.45) is 0 Å². The summed E-state index contributed by atoms with van der Waals surface area (Å²) in [5.41, 5.74) is -0.822. The number of phenolic OH excluding ortho intramolecular Hbond substituents is 1. The first-order valence-corrected chi connectivity index (χ1v) is 6.35. The van der Waals surface area contributed by atoms with Gasteiger partial charge >= 0.3 is 0 Å². The Morgan fingerprint density at radius 2 is 2.15 bits per heavy atom. The van der Waals surface area contributed by atoms with Crippen LogP contribution < -0.4 is 10.1 Å². The Kier molecular flexibility index (Phi) is 3.57. The summed E-state index contributed by atoms with van der Waals surface area (Å²) in [6.07, 6.45) is 0. The van der Waals surface area contributed by atoms with Crippen LogP contribution in [0.15, 0.2) is 18.2 Å². The van der Waals surface area contributed by atoms with Crippen molar-refractivity contribution >= 4 is 11.8 Å². The molecule has 1 aromatic carbocycles. The average Bonchev–Trinajstić information content (AvgIpc) is 2.41. The summed E-state index contributed by atoms with van der Waals surface area (Å²) in [6, 6.07) is 4.45. The maximum Gasteiger partial charge on any atom is 0.258 e. The molecule has 108 valence electrons. The Balaban J connectivity index is 2.38. The van der Waals surface area contributed by atoms with Crippen molar-refractivity contribution in [1.82, 2.24) is 10.2 Å². The summed E-state index contributed by atoms with van der Waals surface area (Å²) in [4.78, 5) is 25.9. The number of ether oxygens (including phenoxy) is 1. The van der Waals surface area contributed by atoms with E-state index in [2.05, 4.69) is 5.32 Å². The first kappa shape index (κ1) is 14.2. The van der Waals surface area contributed by atoms with Crippen molar-refractivity contribution < 1.29 is 19.4 Å². The Hall–Kier alpha value is -2.24. The van der Waals surface area contributed by atoms with Crippen LogP contribution in [0.2, 0.25) is 0 Å². The second-order valence-corrected chi connectivity index (χ2v) is 5.15. The molecule has 2 amide bonds. The summed E-state index contributed by atoms with van der Waals surface area (Å²) in [5, 5.41) is 12.6. The quantitative estimate of drug-likeness (QED) is 0.837. The lowest BCUT2D eigenvalue weighted by Gasteiger charge is -2.41. The molecule has 1 saturated heterocycles. The summed E-state index contributed by atoms with van der Waals surface area (Å²) >= 11 is 0. The smallest absolute Gasteiger partial charge is 0.258 e. The van der Waals surface area contributed by atoms with Gasteiger partial charge in [0.15, 0.2) is 0 Å². The Bertz CT molecular complexity index is 554. The van der Waals surface area contributed by atoms with E-state index in [4.69, 9.17) is 4.74 Å². The normalized spacial score (nSPS) is 17.6. The highest BCUT2D eigenvalue weighted by molar-refractivity contribution is 6.01. The predicted octanol–water partition coefficient (Wildman–Crippen LogP) is 0.751. The lowest BCUT2D eigenvalue weighted by molar-refractivity contribution is -0.133. The monoisotopic (exact) mass is 278 g/mol. The van der Waals surface area contributed by atoms with E-state index in [0.717, 1.165) is 0 Å². The Morgan fingerprint density at radius 1 is 1.45 bits per heavy atom. The van der Waals surface area contributed by atoms with Crippen LogP contribution in [0.3, 0.4) is 0 Å². The van der Waals surface area contributed by atoms with Gasteiger partial charge in [0, 0.05) is 13.1 Å². The molecule has 0 saturated carbocycles. The Morgan fingerprint density at radius 3 is 2.80 bits per heavy atom. The number of phenols is 1. The van der Waals surface area contributed by atoms with Gasteiger partial charge in [0.1, 0.15) is 17.0 Å². The molecule has 6 heteroatoms. The maximum atomic E-state index is 12.6. The van der Waals surface area contributed by atoms with Crippen molar-refractivity contribution in [3.05, 3.63) is 23.8 Å². The number of nitrogens with zero attached hydrogens (tertiary/aromatic N) is 1. The number of piperazine rings is 1. The fourth-order valence-corrected chi connectivity index (χ4v) is 2.21. The average molecular weight is 278 g/mol. The molecule has 1 heterocycles. The number of amides is 2. The van der Waals surface area contributed by atoms with Gasteiger partial charge in [-0.3, -0.25) is 9.59 Å². The number of hydrogen-bond donors (Lipinski definition) is 2. The molecule has 0 bridgehead atoms. The van der Waals surface area contributed by atoms with Gasteiger partial charge in [0.05, 0.1) is 12.7 Å². The predicted molar refractivity (Wildman–Crippen MR) is 72.8 cm³/mol. The molecule has 0 spiro atoms. The molecule has 0 atom stereocenters. The van der Waals surface area contributed by atoms with Crippen LogP contribution in [0.25, 0.3) is 0 Å². The molecular formula is C14H18N2O4. The lowest BCUT2D eigenvalue weighted by atomic mass is 9.97. The van der Waals surface area contributed by atoms with Crippen molar-refractivity contribution in [1.29, 1.82) is 0 Å². The van der Waals surface area contributed by atoms with E-state index < -0.39 is 5.54 Å². The van der Waals surface area contributed by atoms with Gasteiger partial charge in [-0.25, -0.2) is 0 Å². The molecule has 2 N–H and O–H groups in total. The second-order valence-electron chi connectivity index (χ2n) is 5.15. The highest BCUT2D eigenvalue weighted by Gasteiger charge is 2.41. The molecule has 0 aliphatic carbocycles. The Labute approximate surface area is 117 Å². The third-order valence-corrected chi connectivity index (χ3v) is 3.53. The van der Waals surface area contributed by atoms with E-state index in [0.29, 0.717) is 18.8 Å². The minimum Gasteiger partial charge on any atom is -0.507 e. The number of nitrogens with one attached hydrogen (secondary N) is 1. The number of methoxy groups -OCH3 is 1. The van der Waals surface area contributed by atoms with Crippen molar-refractivity contribution in [2.45, 2.75) is 19.4 Å². The van der Waals surface area contributed by atoms with Crippen LogP contribution in [0.4, 0.5) is 0 Å². The topological polar surface area (TPSA) is 78.9 Å². The number of aromatic hydroxyl groups is 1. The van der Waals surface area contributed by atoms with Crippen LogP contribution in [0.5, 0.6) is 11.5 Å². The van der Waals surface area contributed by atoms with Crippen molar-refractivity contribution in [2.75, 3.05) is 20.2 Å². The van der Waals surface area contributed by atoms with E-state index in [1.54, 1.807) is 19.9 Å². The highest BCUT2D eigenvalue weighted by atomic mass is 16.5. The fourth-order valence-electron chi connectivity index (χ4n) is 2.21. The van der Waals surface area contributed by atoms with E-state index in [1.807, 2.05) is 0 Å². The molecule has 2 rings (SSSR count). The van der Waals surface area contributed by atoms with Crippen LogP contribution in [-0.2, 0) is 4.79 Å². The second kappa shape index (κ2) is 5.03. The number of carbonyl (C=O) groups is 2. The molecule has 0 aromatic heterocycles. The molecule has 0 unspecified atom stereocenters. The molecule has 1 fully saturated rings. The SMILES string of the molecule is COc1ccc(O)c(C(=O)N2CCNC(=O)C2(C)C)c1. The third-order valence-electron chi connectivity index (χ3n) is 3.53. The summed E-state index contributed by atoms with van der Waals surface area (Å²) in [5.74, 6) is -0.247. The summed E-state index contributed by atoms with van der Waals surface area (Å²) < 4.78 is 5.06. The number of carbonyl (C=O) groups excluding carboxylic acids is 2. The van der Waals surface area contributed by atoms with Gasteiger partial charge < -0.3 is 20.1 Å². The largest absolute Gasteiger partial charge is 0.507 e. The molecule has 20 heavy (non-hydrogen) atoms. The molecule has 1 aliphatic heterocycles. The van der Waals surface area contributed by atoms with Crippen LogP contribution >= 0.6 is 0 Å². The highest BCUT2D eigenvalue weighted by Crippen LogP contribution is 2.27. The number of benzene rings is 1. The fraction of sp³-hybridized carbons (Fsp3) is 0.429. The van der Waals surface area contributed by atoms with E-state index in [-0.39, 0.29) is 23.1 Å². The zero-order chi connectivity index (χ0) is 14.9. The third kappa shape index (κ3) is 2.29. The zero-order valence-corrected chi connectivity index (χ0v) is 11.8. The van der Waals surface area contributed by atoms with Crippen LogP contribution in [-0.4, -0.2) is 47.6 Å². The maximum absolute atomic E-state index is 12.6. The minimum atomic E-state index is -0.954. The standard InChI is InChI=1S/C14H18N2O4/c1-14(2)13(19)15-6-7-16(14)12(18)10-8-9(20-3)4-5-11(10)17/h4-5,8,17H,6-7H2,1-3H3,(H,15,19). The molecule has 1 aliphatic rings. The number of rotatable bonds is 2. The van der Waals surface area contributed by atoms with Gasteiger partial charge in [-0.2, -0.15) is 0 Å². The van der Waals surface area contributed by atoms with E-state index in [9.17, 15) is 14.7 Å². The summed E-state index contributed by atoms with van der Waals surface area (Å²) in [6.45, 7) is 4.15. The lowest BCUT2D eigenvalue weighted by Crippen LogP contribution is -2.63. The van der Waals surface area contributed by atoms with Crippen molar-refractivity contribution in [3.63, 3.8) is 0 Å². The number of hydrogen-bond acceptors (Lipinski definition) is 4. The van der Waals surface area contributed by atoms with E-state index >= 15 is 0 Å². The first-order valence-electron chi connectivity index (χ1n) is 6.35. The van der Waals surface area contributed by atoms with Crippen molar-refractivity contribution in [3.8, 4) is 11.5 Å². The minimum absolute atomic E-state index is 0.127. The van der Waals surface area contributed by atoms with Crippen LogP contribution in [0.1, 0.15) is 24.2 Å². The van der Waals surface area contributed by atoms with Gasteiger partial charge in [0.25, 0.3) is 5.91 Å². The molecule has 6 nitrogen and oxygen atoms in total. The molecule has 1 aromatic rings. The zero-order valence-electron chi connectivity index (χ0n) is 11.8. The van der Waals surface area contributed by atoms with Gasteiger partial charge in [0.2, 0.25) is 5.91 Å². The van der Waals surface area contributed by atoms with Crippen LogP contribution in [0, 0.1) is 0 Å². The molecular weight excluding hydrogens is 260 g/mol. The van der Waals surface area contributed by atoms with Gasteiger partial charge in [-0.05, 0) is 32.0 Å². The first-order chi connectivity index (χ1) is 9.37. The van der Waals surface area contributed by atoms with Gasteiger partial charge in [-0.15, -0.1) is 0 Å². The van der Waals surface area contributed by atoms with Gasteiger partial charge in [-0.1, -0.05) is 0 Å². The van der Waals surface area contributed by atoms with E-state index in [1.165, 1.54) is 24.1 Å². The molecule has 0 radical (unpaired) electrons.